The summed E-state index contributed by atoms with van der Waals surface area (Å²) >= 11 is 0. The number of nitrogens with two attached hydrogens (primary N) is 1. The number of rotatable bonds is 10. The Hall–Kier alpha value is -4.12. The molecule has 10 heteroatoms. The lowest BCUT2D eigenvalue weighted by molar-refractivity contribution is 0.0988. The van der Waals surface area contributed by atoms with Crippen LogP contribution in [0.1, 0.15) is 53.9 Å². The number of benzene rings is 2. The Bertz CT molecular complexity index is 1460. The fourth-order valence-corrected chi connectivity index (χ4v) is 4.94. The molecular weight excluding hydrogens is 541 g/mol. The van der Waals surface area contributed by atoms with Crippen molar-refractivity contribution >= 4 is 29.9 Å². The molecule has 0 bridgehead atoms. The molecule has 0 unspecified atom stereocenters. The lowest BCUT2D eigenvalue weighted by Gasteiger charge is -2.30. The molecule has 0 spiro atoms. The molecule has 5 rings (SSSR count). The van der Waals surface area contributed by atoms with Gasteiger partial charge in [-0.05, 0) is 35.5 Å². The molecule has 0 atom stereocenters. The molecule has 9 nitrogen and oxygen atoms in total. The van der Waals surface area contributed by atoms with Crippen molar-refractivity contribution in [2.75, 3.05) is 36.9 Å². The second-order valence-electron chi connectivity index (χ2n) is 10.5. The SMILES string of the molecule is CCCc1ccc(-c2cnc(N)c(C(=O)Cc3cnccc3N3CCOCC3)n2)cc1.CCCc1ccc(B(O)O)cc1. The third-order valence-electron chi connectivity index (χ3n) is 7.25. The highest BCUT2D eigenvalue weighted by atomic mass is 16.5. The third kappa shape index (κ3) is 8.94. The molecule has 0 aliphatic carbocycles. The van der Waals surface area contributed by atoms with E-state index in [0.29, 0.717) is 24.4 Å². The molecule has 3 heterocycles. The fraction of sp³-hybridized carbons (Fsp3) is 0.333. The second kappa shape index (κ2) is 15.9. The van der Waals surface area contributed by atoms with Gasteiger partial charge in [-0.25, -0.2) is 9.97 Å². The molecule has 1 aliphatic heterocycles. The molecule has 1 aliphatic rings. The molecule has 0 amide bonds. The van der Waals surface area contributed by atoms with E-state index in [9.17, 15) is 4.79 Å². The number of nitrogen functional groups attached to an aromatic ring is 1. The molecule has 2 aromatic carbocycles. The number of ketones is 1. The molecule has 0 radical (unpaired) electrons. The number of anilines is 2. The van der Waals surface area contributed by atoms with E-state index in [1.807, 2.05) is 30.3 Å². The molecule has 1 saturated heterocycles. The smallest absolute Gasteiger partial charge is 0.423 e. The van der Waals surface area contributed by atoms with Crippen LogP contribution in [0.25, 0.3) is 11.3 Å². The first-order valence-electron chi connectivity index (χ1n) is 14.8. The Morgan fingerprint density at radius 2 is 1.56 bits per heavy atom. The number of carbonyl (C=O) groups excluding carboxylic acids is 1. The standard InChI is InChI=1S/C24H27N5O2.C9H13BO2/c1-2-3-17-4-6-18(7-5-17)20-16-27-24(25)23(28-20)22(30)14-19-15-26-9-8-21(19)29-10-12-31-13-11-29;1-2-3-8-4-6-9(7-5-8)10(11)12/h4-9,15-16H,2-3,10-14H2,1H3,(H2,25,27);4-7,11-12H,2-3H2,1H3. The van der Waals surface area contributed by atoms with Crippen molar-refractivity contribution in [1.29, 1.82) is 0 Å². The summed E-state index contributed by atoms with van der Waals surface area (Å²) in [6.45, 7) is 7.20. The lowest BCUT2D eigenvalue weighted by atomic mass is 9.80. The number of nitrogens with zero attached hydrogens (tertiary/aromatic N) is 4. The zero-order valence-electron chi connectivity index (χ0n) is 24.9. The molecule has 224 valence electrons. The second-order valence-corrected chi connectivity index (χ2v) is 10.5. The van der Waals surface area contributed by atoms with E-state index in [1.165, 1.54) is 11.1 Å². The van der Waals surface area contributed by atoms with Gasteiger partial charge >= 0.3 is 7.12 Å². The maximum atomic E-state index is 13.1. The van der Waals surface area contributed by atoms with Gasteiger partial charge < -0.3 is 25.4 Å². The first kappa shape index (κ1) is 31.8. The largest absolute Gasteiger partial charge is 0.488 e. The summed E-state index contributed by atoms with van der Waals surface area (Å²) in [6.07, 6.45) is 9.55. The first-order valence-corrected chi connectivity index (χ1v) is 14.8. The van der Waals surface area contributed by atoms with Crippen molar-refractivity contribution < 1.29 is 19.6 Å². The number of ether oxygens (including phenoxy) is 1. The zero-order chi connectivity index (χ0) is 30.6. The van der Waals surface area contributed by atoms with E-state index in [1.54, 1.807) is 30.7 Å². The summed E-state index contributed by atoms with van der Waals surface area (Å²) in [7, 11) is -1.35. The number of carbonyl (C=O) groups is 1. The first-order chi connectivity index (χ1) is 20.9. The maximum absolute atomic E-state index is 13.1. The fourth-order valence-electron chi connectivity index (χ4n) is 4.94. The normalized spacial score (nSPS) is 12.8. The minimum Gasteiger partial charge on any atom is -0.423 e. The highest BCUT2D eigenvalue weighted by molar-refractivity contribution is 6.58. The van der Waals surface area contributed by atoms with Gasteiger partial charge in [0.1, 0.15) is 5.69 Å². The van der Waals surface area contributed by atoms with E-state index in [2.05, 4.69) is 45.8 Å². The van der Waals surface area contributed by atoms with Crippen molar-refractivity contribution in [1.82, 2.24) is 15.0 Å². The zero-order valence-corrected chi connectivity index (χ0v) is 24.9. The summed E-state index contributed by atoms with van der Waals surface area (Å²) in [5.41, 5.74) is 12.7. The Balaban J connectivity index is 0.000000296. The van der Waals surface area contributed by atoms with Crippen molar-refractivity contribution in [2.24, 2.45) is 0 Å². The van der Waals surface area contributed by atoms with Crippen LogP contribution in [-0.2, 0) is 24.0 Å². The average Bonchev–Trinajstić information content (AvgIpc) is 3.03. The van der Waals surface area contributed by atoms with Gasteiger partial charge in [0, 0.05) is 48.7 Å². The van der Waals surface area contributed by atoms with Crippen LogP contribution in [0.15, 0.2) is 73.2 Å². The van der Waals surface area contributed by atoms with Crippen molar-refractivity contribution in [2.45, 2.75) is 46.0 Å². The van der Waals surface area contributed by atoms with Crippen LogP contribution in [0.3, 0.4) is 0 Å². The summed E-state index contributed by atoms with van der Waals surface area (Å²) in [5.74, 6) is -0.0230. The highest BCUT2D eigenvalue weighted by Crippen LogP contribution is 2.24. The number of morpholine rings is 1. The molecule has 2 aromatic heterocycles. The summed E-state index contributed by atoms with van der Waals surface area (Å²) in [4.78, 5) is 28.4. The van der Waals surface area contributed by atoms with Gasteiger partial charge in [0.15, 0.2) is 11.6 Å². The van der Waals surface area contributed by atoms with Gasteiger partial charge in [-0.1, -0.05) is 75.2 Å². The number of Topliss-reactive ketones (excluding diaryl/α,β-unsaturated/α-hetero) is 1. The van der Waals surface area contributed by atoms with Crippen LogP contribution in [0, 0.1) is 0 Å². The van der Waals surface area contributed by atoms with E-state index in [4.69, 9.17) is 20.5 Å². The Kier molecular flexibility index (Phi) is 11.8. The van der Waals surface area contributed by atoms with Gasteiger partial charge in [0.05, 0.1) is 25.1 Å². The quantitative estimate of drug-likeness (QED) is 0.190. The summed E-state index contributed by atoms with van der Waals surface area (Å²) < 4.78 is 5.44. The topological polar surface area (TPSA) is 135 Å². The van der Waals surface area contributed by atoms with Crippen molar-refractivity contribution in [3.63, 3.8) is 0 Å². The number of hydrogen-bond acceptors (Lipinski definition) is 9. The van der Waals surface area contributed by atoms with Crippen LogP contribution in [-0.4, -0.2) is 64.2 Å². The molecular formula is C33H40BN5O4. The Labute approximate surface area is 253 Å². The monoisotopic (exact) mass is 581 g/mol. The van der Waals surface area contributed by atoms with Crippen LogP contribution < -0.4 is 16.1 Å². The van der Waals surface area contributed by atoms with Gasteiger partial charge in [0.25, 0.3) is 0 Å². The lowest BCUT2D eigenvalue weighted by Crippen LogP contribution is -2.37. The van der Waals surface area contributed by atoms with Crippen molar-refractivity contribution in [3.8, 4) is 11.3 Å². The van der Waals surface area contributed by atoms with E-state index < -0.39 is 7.12 Å². The Morgan fingerprint density at radius 1 is 0.930 bits per heavy atom. The summed E-state index contributed by atoms with van der Waals surface area (Å²) in [5, 5.41) is 17.6. The van der Waals surface area contributed by atoms with Gasteiger partial charge in [-0.2, -0.15) is 0 Å². The molecule has 0 saturated carbocycles. The Morgan fingerprint density at radius 3 is 2.16 bits per heavy atom. The number of aryl methyl sites for hydroxylation is 2. The molecule has 43 heavy (non-hydrogen) atoms. The van der Waals surface area contributed by atoms with Crippen LogP contribution in [0.2, 0.25) is 0 Å². The van der Waals surface area contributed by atoms with Crippen LogP contribution >= 0.6 is 0 Å². The number of hydrogen-bond donors (Lipinski definition) is 3. The van der Waals surface area contributed by atoms with Gasteiger partial charge in [-0.3, -0.25) is 9.78 Å². The minimum absolute atomic E-state index is 0.146. The van der Waals surface area contributed by atoms with Crippen molar-refractivity contribution in [3.05, 3.63) is 95.6 Å². The third-order valence-corrected chi connectivity index (χ3v) is 7.25. The van der Waals surface area contributed by atoms with E-state index in [0.717, 1.165) is 55.6 Å². The predicted molar refractivity (Wildman–Crippen MR) is 171 cm³/mol. The summed E-state index contributed by atoms with van der Waals surface area (Å²) in [6, 6.07) is 17.5. The average molecular weight is 582 g/mol. The number of pyridine rings is 1. The van der Waals surface area contributed by atoms with Crippen LogP contribution in [0.5, 0.6) is 0 Å². The van der Waals surface area contributed by atoms with E-state index >= 15 is 0 Å². The minimum atomic E-state index is -1.35. The van der Waals surface area contributed by atoms with Gasteiger partial charge in [-0.15, -0.1) is 0 Å². The predicted octanol–water partition coefficient (Wildman–Crippen LogP) is 3.65. The highest BCUT2D eigenvalue weighted by Gasteiger charge is 2.20. The van der Waals surface area contributed by atoms with Crippen LogP contribution in [0.4, 0.5) is 11.5 Å². The maximum Gasteiger partial charge on any atom is 0.488 e. The molecule has 1 fully saturated rings. The molecule has 4 aromatic rings. The number of aromatic nitrogens is 3. The van der Waals surface area contributed by atoms with Gasteiger partial charge in [0.2, 0.25) is 0 Å². The van der Waals surface area contributed by atoms with E-state index in [-0.39, 0.29) is 23.7 Å². The molecule has 4 N–H and O–H groups in total.